The van der Waals surface area contributed by atoms with Crippen molar-refractivity contribution < 1.29 is 4.74 Å². The van der Waals surface area contributed by atoms with Crippen molar-refractivity contribution in [2.24, 2.45) is 0 Å². The molecule has 0 spiro atoms. The summed E-state index contributed by atoms with van der Waals surface area (Å²) < 4.78 is 5.70. The maximum atomic E-state index is 5.70. The lowest BCUT2D eigenvalue weighted by atomic mass is 10.1. The van der Waals surface area contributed by atoms with Gasteiger partial charge in [-0.3, -0.25) is 0 Å². The molecule has 0 saturated carbocycles. The lowest BCUT2D eigenvalue weighted by Gasteiger charge is -2.13. The smallest absolute Gasteiger partial charge is 0.130 e. The van der Waals surface area contributed by atoms with E-state index in [0.717, 1.165) is 35.1 Å². The largest absolute Gasteiger partial charge is 0.494 e. The van der Waals surface area contributed by atoms with Crippen LogP contribution in [0.5, 0.6) is 5.75 Å². The molecule has 1 N–H and O–H groups in total. The van der Waals surface area contributed by atoms with Crippen molar-refractivity contribution >= 4 is 5.82 Å². The highest BCUT2D eigenvalue weighted by Gasteiger charge is 2.05. The molecule has 112 valence electrons. The second-order valence-electron chi connectivity index (χ2n) is 5.04. The number of hydrogen-bond acceptors (Lipinski definition) is 4. The predicted octanol–water partition coefficient (Wildman–Crippen LogP) is 3.67. The molecule has 0 bridgehead atoms. The van der Waals surface area contributed by atoms with Crippen LogP contribution in [0.4, 0.5) is 5.82 Å². The van der Waals surface area contributed by atoms with Gasteiger partial charge in [0.05, 0.1) is 6.61 Å². The average Bonchev–Trinajstić information content (AvgIpc) is 2.46. The zero-order valence-electron chi connectivity index (χ0n) is 13.2. The Balaban J connectivity index is 2.14. The van der Waals surface area contributed by atoms with Crippen LogP contribution in [-0.4, -0.2) is 16.6 Å². The molecular weight excluding hydrogens is 262 g/mol. The Hall–Kier alpha value is -2.10. The lowest BCUT2D eigenvalue weighted by molar-refractivity contribution is 0.336. The normalized spacial score (nSPS) is 10.5. The monoisotopic (exact) mass is 285 g/mol. The van der Waals surface area contributed by atoms with Crippen molar-refractivity contribution in [2.75, 3.05) is 11.9 Å². The summed E-state index contributed by atoms with van der Waals surface area (Å²) in [5.74, 6) is 2.60. The second-order valence-corrected chi connectivity index (χ2v) is 5.04. The first-order valence-electron chi connectivity index (χ1n) is 7.43. The van der Waals surface area contributed by atoms with Crippen LogP contribution in [-0.2, 0) is 13.0 Å². The van der Waals surface area contributed by atoms with E-state index in [-0.39, 0.29) is 0 Å². The number of anilines is 1. The molecule has 0 unspecified atom stereocenters. The number of rotatable bonds is 6. The van der Waals surface area contributed by atoms with E-state index in [2.05, 4.69) is 47.3 Å². The minimum Gasteiger partial charge on any atom is -0.494 e. The average molecular weight is 285 g/mol. The summed E-state index contributed by atoms with van der Waals surface area (Å²) >= 11 is 0. The molecule has 0 amide bonds. The number of nitrogens with zero attached hydrogens (tertiary/aromatic N) is 2. The third kappa shape index (κ3) is 4.18. The molecule has 1 heterocycles. The molecule has 2 rings (SSSR count). The number of aryl methyl sites for hydroxylation is 3. The molecule has 0 aliphatic rings. The van der Waals surface area contributed by atoms with Gasteiger partial charge in [0.2, 0.25) is 0 Å². The van der Waals surface area contributed by atoms with Gasteiger partial charge in [0.15, 0.2) is 0 Å². The van der Waals surface area contributed by atoms with Crippen LogP contribution in [0, 0.1) is 13.8 Å². The van der Waals surface area contributed by atoms with Gasteiger partial charge in [0.1, 0.15) is 17.4 Å². The zero-order chi connectivity index (χ0) is 15.2. The standard InChI is InChI=1S/C17H23N3O/c1-5-15-10-17(20-13(4)19-15)18-11-14-8-7-12(3)9-16(14)21-6-2/h7-10H,5-6,11H2,1-4H3,(H,18,19,20). The summed E-state index contributed by atoms with van der Waals surface area (Å²) in [4.78, 5) is 8.82. The van der Waals surface area contributed by atoms with Gasteiger partial charge >= 0.3 is 0 Å². The van der Waals surface area contributed by atoms with Crippen molar-refractivity contribution in [3.05, 3.63) is 46.9 Å². The Morgan fingerprint density at radius 1 is 1.10 bits per heavy atom. The van der Waals surface area contributed by atoms with E-state index in [1.54, 1.807) is 0 Å². The van der Waals surface area contributed by atoms with E-state index in [0.29, 0.717) is 13.2 Å². The molecule has 0 fully saturated rings. The van der Waals surface area contributed by atoms with Crippen LogP contribution in [0.1, 0.15) is 36.5 Å². The van der Waals surface area contributed by atoms with E-state index in [1.165, 1.54) is 5.56 Å². The van der Waals surface area contributed by atoms with Gasteiger partial charge in [-0.05, 0) is 38.8 Å². The molecule has 2 aromatic rings. The van der Waals surface area contributed by atoms with E-state index >= 15 is 0 Å². The van der Waals surface area contributed by atoms with Crippen molar-refractivity contribution in [1.29, 1.82) is 0 Å². The number of hydrogen-bond donors (Lipinski definition) is 1. The Morgan fingerprint density at radius 3 is 2.62 bits per heavy atom. The summed E-state index contributed by atoms with van der Waals surface area (Å²) in [6.07, 6.45) is 0.909. The van der Waals surface area contributed by atoms with Crippen LogP contribution in [0.2, 0.25) is 0 Å². The zero-order valence-corrected chi connectivity index (χ0v) is 13.2. The Kier molecular flexibility index (Phi) is 5.14. The minimum absolute atomic E-state index is 0.670. The summed E-state index contributed by atoms with van der Waals surface area (Å²) in [6, 6.07) is 8.27. The van der Waals surface area contributed by atoms with E-state index < -0.39 is 0 Å². The van der Waals surface area contributed by atoms with Crippen molar-refractivity contribution in [3.8, 4) is 5.75 Å². The lowest BCUT2D eigenvalue weighted by Crippen LogP contribution is -2.06. The first kappa shape index (κ1) is 15.3. The highest BCUT2D eigenvalue weighted by atomic mass is 16.5. The maximum absolute atomic E-state index is 5.70. The fourth-order valence-electron chi connectivity index (χ4n) is 2.18. The first-order valence-corrected chi connectivity index (χ1v) is 7.43. The van der Waals surface area contributed by atoms with E-state index in [1.807, 2.05) is 19.9 Å². The topological polar surface area (TPSA) is 47.0 Å². The fourth-order valence-corrected chi connectivity index (χ4v) is 2.18. The molecular formula is C17H23N3O. The van der Waals surface area contributed by atoms with Gasteiger partial charge in [0.25, 0.3) is 0 Å². The first-order chi connectivity index (χ1) is 10.1. The highest BCUT2D eigenvalue weighted by Crippen LogP contribution is 2.21. The van der Waals surface area contributed by atoms with Gasteiger partial charge in [-0.2, -0.15) is 0 Å². The molecule has 1 aromatic carbocycles. The third-order valence-corrected chi connectivity index (χ3v) is 3.24. The second kappa shape index (κ2) is 7.07. The molecule has 0 saturated heterocycles. The van der Waals surface area contributed by atoms with Gasteiger partial charge < -0.3 is 10.1 Å². The molecule has 4 nitrogen and oxygen atoms in total. The van der Waals surface area contributed by atoms with Crippen LogP contribution in [0.3, 0.4) is 0 Å². The minimum atomic E-state index is 0.670. The number of benzene rings is 1. The molecule has 0 aliphatic carbocycles. The quantitative estimate of drug-likeness (QED) is 0.879. The molecule has 4 heteroatoms. The Morgan fingerprint density at radius 2 is 1.90 bits per heavy atom. The summed E-state index contributed by atoms with van der Waals surface area (Å²) in [5.41, 5.74) is 3.39. The Bertz CT molecular complexity index is 611. The molecule has 1 aromatic heterocycles. The van der Waals surface area contributed by atoms with Gasteiger partial charge in [-0.15, -0.1) is 0 Å². The van der Waals surface area contributed by atoms with Crippen LogP contribution in [0.25, 0.3) is 0 Å². The van der Waals surface area contributed by atoms with Crippen molar-refractivity contribution in [3.63, 3.8) is 0 Å². The Labute approximate surface area is 126 Å². The molecule has 0 atom stereocenters. The third-order valence-electron chi connectivity index (χ3n) is 3.24. The van der Waals surface area contributed by atoms with Crippen LogP contribution >= 0.6 is 0 Å². The van der Waals surface area contributed by atoms with E-state index in [4.69, 9.17) is 4.74 Å². The van der Waals surface area contributed by atoms with Gasteiger partial charge in [0, 0.05) is 23.9 Å². The SMILES string of the molecule is CCOc1cc(C)ccc1CNc1cc(CC)nc(C)n1. The summed E-state index contributed by atoms with van der Waals surface area (Å²) in [6.45, 7) is 9.45. The van der Waals surface area contributed by atoms with Crippen LogP contribution < -0.4 is 10.1 Å². The molecule has 0 radical (unpaired) electrons. The highest BCUT2D eigenvalue weighted by molar-refractivity contribution is 5.42. The van der Waals surface area contributed by atoms with Gasteiger partial charge in [-0.1, -0.05) is 19.1 Å². The van der Waals surface area contributed by atoms with Crippen LogP contribution in [0.15, 0.2) is 24.3 Å². The number of ether oxygens (including phenoxy) is 1. The number of nitrogens with one attached hydrogen (secondary N) is 1. The predicted molar refractivity (Wildman–Crippen MR) is 85.8 cm³/mol. The van der Waals surface area contributed by atoms with E-state index in [9.17, 15) is 0 Å². The summed E-state index contributed by atoms with van der Waals surface area (Å²) in [7, 11) is 0. The maximum Gasteiger partial charge on any atom is 0.130 e. The molecule has 21 heavy (non-hydrogen) atoms. The number of aromatic nitrogens is 2. The summed E-state index contributed by atoms with van der Waals surface area (Å²) in [5, 5.41) is 3.36. The van der Waals surface area contributed by atoms with Gasteiger partial charge in [-0.25, -0.2) is 9.97 Å². The van der Waals surface area contributed by atoms with Crippen molar-refractivity contribution in [2.45, 2.75) is 40.7 Å². The van der Waals surface area contributed by atoms with Crippen molar-refractivity contribution in [1.82, 2.24) is 9.97 Å². The molecule has 0 aliphatic heterocycles. The fraction of sp³-hybridized carbons (Fsp3) is 0.412.